The van der Waals surface area contributed by atoms with E-state index in [1.54, 1.807) is 19.1 Å². The Balaban J connectivity index is 1.93. The highest BCUT2D eigenvalue weighted by molar-refractivity contribution is 7.92. The first-order valence-corrected chi connectivity index (χ1v) is 11.9. The van der Waals surface area contributed by atoms with Crippen molar-refractivity contribution in [2.24, 2.45) is 5.10 Å². The van der Waals surface area contributed by atoms with Gasteiger partial charge in [-0.25, -0.2) is 13.8 Å². The zero-order chi connectivity index (χ0) is 24.2. The molecule has 0 saturated carbocycles. The Hall–Kier alpha value is -3.18. The number of nitrogens with zero attached hydrogens (tertiary/aromatic N) is 2. The van der Waals surface area contributed by atoms with Crippen molar-refractivity contribution in [1.29, 1.82) is 0 Å². The molecule has 6 nitrogen and oxygen atoms in total. The van der Waals surface area contributed by atoms with E-state index >= 15 is 0 Å². The van der Waals surface area contributed by atoms with Gasteiger partial charge in [-0.3, -0.25) is 9.10 Å². The maximum Gasteiger partial charge on any atom is 0.416 e. The molecule has 1 aromatic heterocycles. The Morgan fingerprint density at radius 3 is 2.42 bits per heavy atom. The number of aryl methyl sites for hydroxylation is 2. The first kappa shape index (κ1) is 24.5. The lowest BCUT2D eigenvalue weighted by atomic mass is 10.2. The third-order valence-corrected chi connectivity index (χ3v) is 7.37. The summed E-state index contributed by atoms with van der Waals surface area (Å²) in [5, 5.41) is 5.68. The summed E-state index contributed by atoms with van der Waals surface area (Å²) < 4.78 is 66.9. The van der Waals surface area contributed by atoms with Gasteiger partial charge in [0, 0.05) is 4.88 Å². The van der Waals surface area contributed by atoms with Gasteiger partial charge in [0.2, 0.25) is 0 Å². The number of hydrogen-bond donors (Lipinski definition) is 1. The molecule has 3 aromatic rings. The molecule has 1 amide bonds. The van der Waals surface area contributed by atoms with Crippen LogP contribution in [-0.4, -0.2) is 27.1 Å². The second kappa shape index (κ2) is 9.75. The maximum atomic E-state index is 13.3. The van der Waals surface area contributed by atoms with E-state index in [0.717, 1.165) is 28.1 Å². The number of alkyl halides is 3. The third-order valence-electron chi connectivity index (χ3n) is 4.63. The van der Waals surface area contributed by atoms with E-state index in [9.17, 15) is 26.4 Å². The largest absolute Gasteiger partial charge is 0.416 e. The highest BCUT2D eigenvalue weighted by Gasteiger charge is 2.33. The van der Waals surface area contributed by atoms with E-state index in [2.05, 4.69) is 10.5 Å². The van der Waals surface area contributed by atoms with Crippen molar-refractivity contribution in [3.05, 3.63) is 81.5 Å². The third kappa shape index (κ3) is 5.99. The van der Waals surface area contributed by atoms with E-state index in [1.165, 1.54) is 35.8 Å². The van der Waals surface area contributed by atoms with Crippen molar-refractivity contribution >= 4 is 39.2 Å². The van der Waals surface area contributed by atoms with Crippen LogP contribution in [0.5, 0.6) is 0 Å². The fourth-order valence-electron chi connectivity index (χ4n) is 2.84. The van der Waals surface area contributed by atoms with Crippen LogP contribution in [0.15, 0.2) is 70.0 Å². The van der Waals surface area contributed by atoms with E-state index in [0.29, 0.717) is 10.4 Å². The van der Waals surface area contributed by atoms with Gasteiger partial charge in [0.15, 0.2) is 0 Å². The molecule has 0 radical (unpaired) electrons. The number of carbonyl (C=O) groups is 1. The number of hydrogen-bond acceptors (Lipinski definition) is 5. The summed E-state index contributed by atoms with van der Waals surface area (Å²) in [7, 11) is -4.35. The number of thiophene rings is 1. The fraction of sp³-hybridized carbons (Fsp3) is 0.182. The number of sulfonamides is 1. The number of halogens is 3. The van der Waals surface area contributed by atoms with Crippen LogP contribution in [-0.2, 0) is 21.0 Å². The number of amides is 1. The second-order valence-corrected chi connectivity index (χ2v) is 9.94. The molecule has 3 rings (SSSR count). The van der Waals surface area contributed by atoms with Gasteiger partial charge < -0.3 is 0 Å². The van der Waals surface area contributed by atoms with Gasteiger partial charge >= 0.3 is 6.18 Å². The Bertz CT molecular complexity index is 1270. The summed E-state index contributed by atoms with van der Waals surface area (Å²) in [5.41, 5.74) is 2.66. The fourth-order valence-corrected chi connectivity index (χ4v) is 5.03. The molecule has 0 fully saturated rings. The number of carbonyl (C=O) groups excluding carboxylic acids is 1. The molecule has 0 aliphatic heterocycles. The van der Waals surface area contributed by atoms with Gasteiger partial charge in [0.05, 0.1) is 22.4 Å². The molecule has 0 aliphatic carbocycles. The molecule has 1 heterocycles. The standard InChI is InChI=1S/C22H20F3N3O3S2/c1-15-6-8-19(9-7-15)33(30,31)28(18-5-3-4-17(12-18)22(23,24)25)14-21(29)27-26-13-20-16(2)10-11-32-20/h3-13H,14H2,1-2H3,(H,27,29). The molecule has 11 heteroatoms. The second-order valence-electron chi connectivity index (χ2n) is 7.13. The lowest BCUT2D eigenvalue weighted by molar-refractivity contribution is -0.137. The average Bonchev–Trinajstić information content (AvgIpc) is 3.16. The van der Waals surface area contributed by atoms with Crippen LogP contribution in [0.2, 0.25) is 0 Å². The first-order valence-electron chi connectivity index (χ1n) is 9.61. The van der Waals surface area contributed by atoms with Crippen molar-refractivity contribution in [3.8, 4) is 0 Å². The van der Waals surface area contributed by atoms with Gasteiger partial charge in [0.25, 0.3) is 15.9 Å². The molecule has 1 N–H and O–H groups in total. The van der Waals surface area contributed by atoms with E-state index in [-0.39, 0.29) is 10.6 Å². The molecule has 0 spiro atoms. The van der Waals surface area contributed by atoms with Crippen molar-refractivity contribution in [2.45, 2.75) is 24.9 Å². The lowest BCUT2D eigenvalue weighted by Crippen LogP contribution is -2.39. The summed E-state index contributed by atoms with van der Waals surface area (Å²) in [6.45, 7) is 2.86. The number of anilines is 1. The van der Waals surface area contributed by atoms with Crippen molar-refractivity contribution in [1.82, 2.24) is 5.43 Å². The molecule has 0 saturated heterocycles. The topological polar surface area (TPSA) is 78.8 Å². The Morgan fingerprint density at radius 2 is 1.82 bits per heavy atom. The van der Waals surface area contributed by atoms with Crippen LogP contribution in [0, 0.1) is 13.8 Å². The maximum absolute atomic E-state index is 13.3. The van der Waals surface area contributed by atoms with Crippen LogP contribution < -0.4 is 9.73 Å². The van der Waals surface area contributed by atoms with Gasteiger partial charge in [-0.15, -0.1) is 11.3 Å². The minimum absolute atomic E-state index is 0.156. The summed E-state index contributed by atoms with van der Waals surface area (Å²) in [6.07, 6.45) is -3.26. The highest BCUT2D eigenvalue weighted by Crippen LogP contribution is 2.33. The average molecular weight is 496 g/mol. The molecule has 174 valence electrons. The van der Waals surface area contributed by atoms with Gasteiger partial charge in [-0.2, -0.15) is 18.3 Å². The van der Waals surface area contributed by atoms with Crippen LogP contribution >= 0.6 is 11.3 Å². The number of benzene rings is 2. The summed E-state index contributed by atoms with van der Waals surface area (Å²) in [6, 6.07) is 11.5. The Labute approximate surface area is 193 Å². The van der Waals surface area contributed by atoms with Crippen LogP contribution in [0.25, 0.3) is 0 Å². The SMILES string of the molecule is Cc1ccc(S(=O)(=O)N(CC(=O)NN=Cc2sccc2C)c2cccc(C(F)(F)F)c2)cc1. The van der Waals surface area contributed by atoms with Gasteiger partial charge in [-0.05, 0) is 61.2 Å². The molecule has 2 aromatic carbocycles. The quantitative estimate of drug-likeness (QED) is 0.380. The van der Waals surface area contributed by atoms with Crippen molar-refractivity contribution in [3.63, 3.8) is 0 Å². The lowest BCUT2D eigenvalue weighted by Gasteiger charge is -2.24. The van der Waals surface area contributed by atoms with E-state index < -0.39 is 34.2 Å². The normalized spacial score (nSPS) is 12.2. The van der Waals surface area contributed by atoms with Gasteiger partial charge in [-0.1, -0.05) is 23.8 Å². The molecule has 0 aliphatic rings. The number of nitrogens with one attached hydrogen (secondary N) is 1. The van der Waals surface area contributed by atoms with Crippen LogP contribution in [0.3, 0.4) is 0 Å². The highest BCUT2D eigenvalue weighted by atomic mass is 32.2. The Morgan fingerprint density at radius 1 is 1.12 bits per heavy atom. The molecule has 33 heavy (non-hydrogen) atoms. The minimum Gasteiger partial charge on any atom is -0.271 e. The van der Waals surface area contributed by atoms with Crippen LogP contribution in [0.1, 0.15) is 21.6 Å². The van der Waals surface area contributed by atoms with Crippen molar-refractivity contribution in [2.75, 3.05) is 10.8 Å². The molecular weight excluding hydrogens is 475 g/mol. The molecule has 0 unspecified atom stereocenters. The summed E-state index contributed by atoms with van der Waals surface area (Å²) in [4.78, 5) is 13.2. The molecular formula is C22H20F3N3O3S2. The molecule has 0 atom stereocenters. The summed E-state index contributed by atoms with van der Waals surface area (Å²) in [5.74, 6) is -0.812. The number of hydrazone groups is 1. The van der Waals surface area contributed by atoms with Crippen molar-refractivity contribution < 1.29 is 26.4 Å². The Kier molecular flexibility index (Phi) is 7.23. The monoisotopic (exact) mass is 495 g/mol. The van der Waals surface area contributed by atoms with Gasteiger partial charge in [0.1, 0.15) is 6.54 Å². The predicted molar refractivity (Wildman–Crippen MR) is 122 cm³/mol. The predicted octanol–water partition coefficient (Wildman–Crippen LogP) is 4.73. The minimum atomic E-state index is -4.68. The zero-order valence-corrected chi connectivity index (χ0v) is 19.3. The zero-order valence-electron chi connectivity index (χ0n) is 17.6. The summed E-state index contributed by atoms with van der Waals surface area (Å²) >= 11 is 1.41. The van der Waals surface area contributed by atoms with E-state index in [4.69, 9.17) is 0 Å². The smallest absolute Gasteiger partial charge is 0.271 e. The van der Waals surface area contributed by atoms with E-state index in [1.807, 2.05) is 18.4 Å². The first-order chi connectivity index (χ1) is 15.5. The van der Waals surface area contributed by atoms with Crippen LogP contribution in [0.4, 0.5) is 18.9 Å². The molecule has 0 bridgehead atoms. The number of rotatable bonds is 7.